The van der Waals surface area contributed by atoms with Gasteiger partial charge < -0.3 is 15.5 Å². The van der Waals surface area contributed by atoms with Crippen molar-refractivity contribution in [2.24, 2.45) is 0 Å². The molecule has 2 amide bonds. The normalized spacial score (nSPS) is 13.2. The lowest BCUT2D eigenvalue weighted by atomic mass is 9.95. The minimum atomic E-state index is -0.444. The summed E-state index contributed by atoms with van der Waals surface area (Å²) in [5, 5.41) is 5.57. The number of nitrogens with one attached hydrogen (secondary N) is 2. The van der Waals surface area contributed by atoms with Crippen LogP contribution in [0.3, 0.4) is 0 Å². The Hall–Kier alpha value is -2.89. The van der Waals surface area contributed by atoms with Gasteiger partial charge >= 0.3 is 0 Å². The Morgan fingerprint density at radius 1 is 1.21 bits per heavy atom. The molecule has 0 saturated heterocycles. The second-order valence-corrected chi connectivity index (χ2v) is 7.49. The summed E-state index contributed by atoms with van der Waals surface area (Å²) in [6.07, 6.45) is 1.65. The first-order valence-corrected chi connectivity index (χ1v) is 9.59. The van der Waals surface area contributed by atoms with Crippen molar-refractivity contribution in [1.29, 1.82) is 0 Å². The molecular formula is C22H26FN3O2. The molecule has 2 N–H and O–H groups in total. The molecule has 0 bridgehead atoms. The first kappa shape index (κ1) is 19.9. The Kier molecular flexibility index (Phi) is 5.97. The standard InChI is InChI=1S/C22H26FN3O2/c1-14(2)24-22(28)17-6-4-8-20-16(17)7-5-11-26(20)13-21(27)25-19-10-9-15(3)12-18(19)23/h4,6,8-10,12,14H,5,7,11,13H2,1-3H3,(H,24,28)(H,25,27). The average Bonchev–Trinajstić information content (AvgIpc) is 2.63. The SMILES string of the molecule is Cc1ccc(NC(=O)CN2CCCc3c(C(=O)NC(C)C)cccc32)c(F)c1. The number of hydrogen-bond acceptors (Lipinski definition) is 3. The molecule has 2 aromatic carbocycles. The van der Waals surface area contributed by atoms with Crippen molar-refractivity contribution in [2.45, 2.75) is 39.7 Å². The highest BCUT2D eigenvalue weighted by atomic mass is 19.1. The molecule has 0 spiro atoms. The third-order valence-electron chi connectivity index (χ3n) is 4.74. The molecule has 0 unspecified atom stereocenters. The van der Waals surface area contributed by atoms with E-state index >= 15 is 0 Å². The number of anilines is 2. The van der Waals surface area contributed by atoms with Gasteiger partial charge in [0.2, 0.25) is 5.91 Å². The van der Waals surface area contributed by atoms with E-state index in [1.54, 1.807) is 19.1 Å². The molecule has 1 aliphatic heterocycles. The van der Waals surface area contributed by atoms with Crippen molar-refractivity contribution in [2.75, 3.05) is 23.3 Å². The third-order valence-corrected chi connectivity index (χ3v) is 4.74. The van der Waals surface area contributed by atoms with E-state index in [1.807, 2.05) is 36.9 Å². The Morgan fingerprint density at radius 2 is 2.00 bits per heavy atom. The van der Waals surface area contributed by atoms with Crippen molar-refractivity contribution >= 4 is 23.2 Å². The topological polar surface area (TPSA) is 61.4 Å². The van der Waals surface area contributed by atoms with Gasteiger partial charge in [0.15, 0.2) is 0 Å². The summed E-state index contributed by atoms with van der Waals surface area (Å²) >= 11 is 0. The lowest BCUT2D eigenvalue weighted by molar-refractivity contribution is -0.115. The lowest BCUT2D eigenvalue weighted by Crippen LogP contribution is -2.38. The smallest absolute Gasteiger partial charge is 0.251 e. The van der Waals surface area contributed by atoms with Gasteiger partial charge in [0.1, 0.15) is 5.82 Å². The largest absolute Gasteiger partial charge is 0.362 e. The summed E-state index contributed by atoms with van der Waals surface area (Å²) < 4.78 is 14.0. The number of aryl methyl sites for hydroxylation is 1. The van der Waals surface area contributed by atoms with Crippen LogP contribution in [-0.2, 0) is 11.2 Å². The Bertz CT molecular complexity index is 895. The first-order valence-electron chi connectivity index (χ1n) is 9.59. The number of amides is 2. The van der Waals surface area contributed by atoms with Crippen LogP contribution in [0.1, 0.15) is 41.8 Å². The summed E-state index contributed by atoms with van der Waals surface area (Å²) in [7, 11) is 0. The van der Waals surface area contributed by atoms with Crippen molar-refractivity contribution in [3.63, 3.8) is 0 Å². The molecule has 0 radical (unpaired) electrons. The molecule has 0 aromatic heterocycles. The average molecular weight is 383 g/mol. The molecule has 1 heterocycles. The molecule has 0 saturated carbocycles. The fraction of sp³-hybridized carbons (Fsp3) is 0.364. The molecule has 2 aromatic rings. The van der Waals surface area contributed by atoms with Crippen LogP contribution < -0.4 is 15.5 Å². The summed E-state index contributed by atoms with van der Waals surface area (Å²) in [4.78, 5) is 27.0. The molecule has 6 heteroatoms. The van der Waals surface area contributed by atoms with Crippen LogP contribution >= 0.6 is 0 Å². The van der Waals surface area contributed by atoms with Crippen molar-refractivity contribution < 1.29 is 14.0 Å². The summed E-state index contributed by atoms with van der Waals surface area (Å²) in [6, 6.07) is 10.4. The zero-order valence-electron chi connectivity index (χ0n) is 16.5. The number of hydrogen-bond donors (Lipinski definition) is 2. The summed E-state index contributed by atoms with van der Waals surface area (Å²) in [5.41, 5.74) is 3.48. The molecule has 5 nitrogen and oxygen atoms in total. The lowest BCUT2D eigenvalue weighted by Gasteiger charge is -2.32. The second kappa shape index (κ2) is 8.42. The number of nitrogens with zero attached hydrogens (tertiary/aromatic N) is 1. The van der Waals surface area contributed by atoms with E-state index in [9.17, 15) is 14.0 Å². The van der Waals surface area contributed by atoms with Gasteiger partial charge in [-0.1, -0.05) is 12.1 Å². The van der Waals surface area contributed by atoms with E-state index < -0.39 is 5.82 Å². The Morgan fingerprint density at radius 3 is 2.71 bits per heavy atom. The first-order chi connectivity index (χ1) is 13.3. The number of benzene rings is 2. The van der Waals surface area contributed by atoms with Crippen LogP contribution in [0.15, 0.2) is 36.4 Å². The molecule has 1 aliphatic rings. The van der Waals surface area contributed by atoms with Crippen LogP contribution in [-0.4, -0.2) is 30.9 Å². The maximum absolute atomic E-state index is 14.0. The molecule has 3 rings (SSSR count). The van der Waals surface area contributed by atoms with E-state index in [0.29, 0.717) is 12.1 Å². The van der Waals surface area contributed by atoms with Gasteiger partial charge in [-0.2, -0.15) is 0 Å². The van der Waals surface area contributed by atoms with Gasteiger partial charge in [0.05, 0.1) is 12.2 Å². The maximum Gasteiger partial charge on any atom is 0.251 e. The van der Waals surface area contributed by atoms with Crippen molar-refractivity contribution in [1.82, 2.24) is 5.32 Å². The second-order valence-electron chi connectivity index (χ2n) is 7.49. The Labute approximate surface area is 164 Å². The van der Waals surface area contributed by atoms with Gasteiger partial charge in [0, 0.05) is 23.8 Å². The van der Waals surface area contributed by atoms with Crippen LogP contribution in [0.2, 0.25) is 0 Å². The van der Waals surface area contributed by atoms with Gasteiger partial charge in [-0.25, -0.2) is 4.39 Å². The fourth-order valence-corrected chi connectivity index (χ4v) is 3.50. The number of fused-ring (bicyclic) bond motifs is 1. The highest BCUT2D eigenvalue weighted by Gasteiger charge is 2.24. The van der Waals surface area contributed by atoms with Crippen LogP contribution in [0.5, 0.6) is 0 Å². The van der Waals surface area contributed by atoms with E-state index in [2.05, 4.69) is 10.6 Å². The molecular weight excluding hydrogens is 357 g/mol. The van der Waals surface area contributed by atoms with Gasteiger partial charge in [-0.15, -0.1) is 0 Å². The molecule has 0 atom stereocenters. The zero-order chi connectivity index (χ0) is 20.3. The minimum absolute atomic E-state index is 0.0539. The minimum Gasteiger partial charge on any atom is -0.362 e. The predicted octanol–water partition coefficient (Wildman–Crippen LogP) is 3.66. The molecule has 0 aliphatic carbocycles. The highest BCUT2D eigenvalue weighted by molar-refractivity contribution is 5.98. The fourth-order valence-electron chi connectivity index (χ4n) is 3.50. The predicted molar refractivity (Wildman–Crippen MR) is 109 cm³/mol. The van der Waals surface area contributed by atoms with E-state index in [0.717, 1.165) is 29.7 Å². The molecule has 28 heavy (non-hydrogen) atoms. The number of rotatable bonds is 5. The molecule has 0 fully saturated rings. The van der Waals surface area contributed by atoms with E-state index in [1.165, 1.54) is 6.07 Å². The molecule has 148 valence electrons. The summed E-state index contributed by atoms with van der Waals surface area (Å²) in [6.45, 7) is 6.47. The maximum atomic E-state index is 14.0. The number of halogens is 1. The number of carbonyl (C=O) groups is 2. The van der Waals surface area contributed by atoms with E-state index in [-0.39, 0.29) is 30.1 Å². The Balaban J connectivity index is 1.77. The van der Waals surface area contributed by atoms with E-state index in [4.69, 9.17) is 0 Å². The van der Waals surface area contributed by atoms with Crippen LogP contribution in [0.25, 0.3) is 0 Å². The van der Waals surface area contributed by atoms with Gasteiger partial charge in [0.25, 0.3) is 5.91 Å². The summed E-state index contributed by atoms with van der Waals surface area (Å²) in [5.74, 6) is -0.826. The van der Waals surface area contributed by atoms with Crippen LogP contribution in [0.4, 0.5) is 15.8 Å². The van der Waals surface area contributed by atoms with Crippen molar-refractivity contribution in [3.8, 4) is 0 Å². The van der Waals surface area contributed by atoms with Gasteiger partial charge in [-0.3, -0.25) is 9.59 Å². The zero-order valence-corrected chi connectivity index (χ0v) is 16.5. The highest BCUT2D eigenvalue weighted by Crippen LogP contribution is 2.30. The number of carbonyl (C=O) groups excluding carboxylic acids is 2. The quantitative estimate of drug-likeness (QED) is 0.828. The van der Waals surface area contributed by atoms with Crippen molar-refractivity contribution in [3.05, 3.63) is 58.9 Å². The third kappa shape index (κ3) is 4.50. The van der Waals surface area contributed by atoms with Crippen LogP contribution in [0, 0.1) is 12.7 Å². The van der Waals surface area contributed by atoms with Gasteiger partial charge in [-0.05, 0) is 69.0 Å². The monoisotopic (exact) mass is 383 g/mol.